The van der Waals surface area contributed by atoms with Gasteiger partial charge in [0.25, 0.3) is 0 Å². The van der Waals surface area contributed by atoms with Gasteiger partial charge in [0.1, 0.15) is 11.9 Å². The topological polar surface area (TPSA) is 40.5 Å². The average molecular weight is 287 g/mol. The lowest BCUT2D eigenvalue weighted by Crippen LogP contribution is -2.22. The van der Waals surface area contributed by atoms with Gasteiger partial charge in [-0.2, -0.15) is 13.2 Å². The lowest BCUT2D eigenvalue weighted by molar-refractivity contribution is -0.140. The summed E-state index contributed by atoms with van der Waals surface area (Å²) in [4.78, 5) is 0. The van der Waals surface area contributed by atoms with E-state index in [0.717, 1.165) is 12.1 Å². The molecule has 0 bridgehead atoms. The predicted octanol–water partition coefficient (Wildman–Crippen LogP) is 2.87. The molecular formula is C11H11ClF4O2. The SMILES string of the molecule is OC(CCCl)C(O)c1ccc(F)cc1C(F)(F)F. The molecule has 2 nitrogen and oxygen atoms in total. The zero-order valence-electron chi connectivity index (χ0n) is 9.09. The molecule has 1 rings (SSSR count). The summed E-state index contributed by atoms with van der Waals surface area (Å²) in [5.74, 6) is -1.08. The first-order chi connectivity index (χ1) is 8.27. The number of benzene rings is 1. The maximum absolute atomic E-state index is 12.8. The second-order valence-electron chi connectivity index (χ2n) is 3.72. The monoisotopic (exact) mass is 286 g/mol. The Labute approximate surface area is 106 Å². The van der Waals surface area contributed by atoms with Crippen LogP contribution < -0.4 is 0 Å². The minimum atomic E-state index is -4.81. The lowest BCUT2D eigenvalue weighted by Gasteiger charge is -2.21. The summed E-state index contributed by atoms with van der Waals surface area (Å²) < 4.78 is 50.8. The average Bonchev–Trinajstić information content (AvgIpc) is 2.27. The molecule has 0 radical (unpaired) electrons. The van der Waals surface area contributed by atoms with Crippen molar-refractivity contribution in [3.05, 3.63) is 35.1 Å². The smallest absolute Gasteiger partial charge is 0.390 e. The van der Waals surface area contributed by atoms with Crippen molar-refractivity contribution in [2.24, 2.45) is 0 Å². The number of aliphatic hydroxyl groups is 2. The number of rotatable bonds is 4. The van der Waals surface area contributed by atoms with E-state index in [4.69, 9.17) is 11.6 Å². The summed E-state index contributed by atoms with van der Waals surface area (Å²) in [5.41, 5.74) is -1.87. The van der Waals surface area contributed by atoms with Crippen LogP contribution in [0.1, 0.15) is 23.7 Å². The van der Waals surface area contributed by atoms with E-state index in [1.54, 1.807) is 0 Å². The summed E-state index contributed by atoms with van der Waals surface area (Å²) in [7, 11) is 0. The van der Waals surface area contributed by atoms with Gasteiger partial charge < -0.3 is 10.2 Å². The van der Waals surface area contributed by atoms with Crippen LogP contribution in [0.2, 0.25) is 0 Å². The van der Waals surface area contributed by atoms with Crippen molar-refractivity contribution in [3.8, 4) is 0 Å². The Bertz CT molecular complexity index is 409. The molecule has 7 heteroatoms. The standard InChI is InChI=1S/C11H11ClF4O2/c12-4-3-9(17)10(18)7-2-1-6(13)5-8(7)11(14,15)16/h1-2,5,9-10,17-18H,3-4H2. The maximum Gasteiger partial charge on any atom is 0.416 e. The van der Waals surface area contributed by atoms with Crippen molar-refractivity contribution >= 4 is 11.6 Å². The number of hydrogen-bond donors (Lipinski definition) is 2. The van der Waals surface area contributed by atoms with Crippen LogP contribution in [0.25, 0.3) is 0 Å². The Morgan fingerprint density at radius 1 is 1.22 bits per heavy atom. The predicted molar refractivity (Wildman–Crippen MR) is 57.7 cm³/mol. The zero-order chi connectivity index (χ0) is 13.9. The highest BCUT2D eigenvalue weighted by molar-refractivity contribution is 6.17. The quantitative estimate of drug-likeness (QED) is 0.660. The van der Waals surface area contributed by atoms with Crippen molar-refractivity contribution in [1.82, 2.24) is 0 Å². The van der Waals surface area contributed by atoms with Gasteiger partial charge in [0, 0.05) is 5.88 Å². The number of halogens is 5. The molecule has 2 unspecified atom stereocenters. The molecule has 0 aliphatic carbocycles. The van der Waals surface area contributed by atoms with E-state index >= 15 is 0 Å². The molecule has 0 aliphatic heterocycles. The van der Waals surface area contributed by atoms with E-state index in [-0.39, 0.29) is 18.4 Å². The first kappa shape index (κ1) is 15.2. The third kappa shape index (κ3) is 3.57. The molecule has 0 aromatic heterocycles. The molecule has 1 aromatic carbocycles. The molecule has 0 aliphatic rings. The number of aliphatic hydroxyl groups excluding tert-OH is 2. The molecular weight excluding hydrogens is 276 g/mol. The molecule has 0 saturated carbocycles. The van der Waals surface area contributed by atoms with Crippen LogP contribution in [-0.4, -0.2) is 22.2 Å². The third-order valence-corrected chi connectivity index (χ3v) is 2.63. The molecule has 0 heterocycles. The minimum absolute atomic E-state index is 0.0131. The van der Waals surface area contributed by atoms with E-state index in [1.807, 2.05) is 0 Å². The van der Waals surface area contributed by atoms with Crippen LogP contribution in [0.3, 0.4) is 0 Å². The molecule has 0 fully saturated rings. The van der Waals surface area contributed by atoms with Gasteiger partial charge in [-0.15, -0.1) is 11.6 Å². The summed E-state index contributed by atoms with van der Waals surface area (Å²) in [6.07, 6.45) is -8.08. The zero-order valence-corrected chi connectivity index (χ0v) is 9.84. The van der Waals surface area contributed by atoms with Crippen molar-refractivity contribution < 1.29 is 27.8 Å². The van der Waals surface area contributed by atoms with Gasteiger partial charge in [0.05, 0.1) is 11.7 Å². The normalized spacial score (nSPS) is 15.5. The molecule has 2 N–H and O–H groups in total. The van der Waals surface area contributed by atoms with E-state index in [0.29, 0.717) is 0 Å². The molecule has 0 saturated heterocycles. The van der Waals surface area contributed by atoms with Crippen molar-refractivity contribution in [2.75, 3.05) is 5.88 Å². The number of alkyl halides is 4. The van der Waals surface area contributed by atoms with Crippen LogP contribution in [0.5, 0.6) is 0 Å². The van der Waals surface area contributed by atoms with Crippen LogP contribution in [0, 0.1) is 5.82 Å². The van der Waals surface area contributed by atoms with Crippen molar-refractivity contribution in [3.63, 3.8) is 0 Å². The fourth-order valence-corrected chi connectivity index (χ4v) is 1.73. The molecule has 2 atom stereocenters. The third-order valence-electron chi connectivity index (χ3n) is 2.41. The lowest BCUT2D eigenvalue weighted by atomic mass is 9.97. The molecule has 0 amide bonds. The fraction of sp³-hybridized carbons (Fsp3) is 0.455. The Morgan fingerprint density at radius 3 is 2.33 bits per heavy atom. The second kappa shape index (κ2) is 5.86. The van der Waals surface area contributed by atoms with E-state index in [2.05, 4.69) is 0 Å². The second-order valence-corrected chi connectivity index (χ2v) is 4.10. The van der Waals surface area contributed by atoms with E-state index in [1.165, 1.54) is 0 Å². The molecule has 102 valence electrons. The van der Waals surface area contributed by atoms with Gasteiger partial charge in [-0.25, -0.2) is 4.39 Å². The minimum Gasteiger partial charge on any atom is -0.390 e. The van der Waals surface area contributed by atoms with Crippen molar-refractivity contribution in [1.29, 1.82) is 0 Å². The highest BCUT2D eigenvalue weighted by Crippen LogP contribution is 2.36. The van der Waals surface area contributed by atoms with Crippen LogP contribution in [0.4, 0.5) is 17.6 Å². The molecule has 18 heavy (non-hydrogen) atoms. The van der Waals surface area contributed by atoms with Gasteiger partial charge in [-0.1, -0.05) is 6.07 Å². The summed E-state index contributed by atoms with van der Waals surface area (Å²) in [5, 5.41) is 19.1. The highest BCUT2D eigenvalue weighted by atomic mass is 35.5. The summed E-state index contributed by atoms with van der Waals surface area (Å²) in [6.45, 7) is 0. The van der Waals surface area contributed by atoms with Gasteiger partial charge in [-0.3, -0.25) is 0 Å². The molecule has 0 spiro atoms. The van der Waals surface area contributed by atoms with Crippen LogP contribution in [0.15, 0.2) is 18.2 Å². The fourth-order valence-electron chi connectivity index (χ4n) is 1.51. The molecule has 1 aromatic rings. The van der Waals surface area contributed by atoms with E-state index < -0.39 is 35.3 Å². The van der Waals surface area contributed by atoms with E-state index in [9.17, 15) is 27.8 Å². The number of hydrogen-bond acceptors (Lipinski definition) is 2. The Morgan fingerprint density at radius 2 is 1.83 bits per heavy atom. The first-order valence-electron chi connectivity index (χ1n) is 5.06. The highest BCUT2D eigenvalue weighted by Gasteiger charge is 2.36. The summed E-state index contributed by atoms with van der Waals surface area (Å²) >= 11 is 5.33. The van der Waals surface area contributed by atoms with Gasteiger partial charge in [-0.05, 0) is 24.1 Å². The Hall–Kier alpha value is -0.850. The largest absolute Gasteiger partial charge is 0.416 e. The first-order valence-corrected chi connectivity index (χ1v) is 5.59. The maximum atomic E-state index is 12.8. The van der Waals surface area contributed by atoms with Gasteiger partial charge in [0.15, 0.2) is 0 Å². The summed E-state index contributed by atoms with van der Waals surface area (Å²) in [6, 6.07) is 1.88. The van der Waals surface area contributed by atoms with Crippen LogP contribution in [-0.2, 0) is 6.18 Å². The van der Waals surface area contributed by atoms with Gasteiger partial charge in [0.2, 0.25) is 0 Å². The van der Waals surface area contributed by atoms with Crippen molar-refractivity contribution in [2.45, 2.75) is 24.8 Å². The van der Waals surface area contributed by atoms with Gasteiger partial charge >= 0.3 is 6.18 Å². The Balaban J connectivity index is 3.15. The van der Waals surface area contributed by atoms with Crippen LogP contribution >= 0.6 is 11.6 Å². The Kier molecular flexibility index (Phi) is 4.95.